The van der Waals surface area contributed by atoms with E-state index in [1.807, 2.05) is 0 Å². The molecule has 0 atom stereocenters. The molecule has 2 aromatic heterocycles. The zero-order valence-corrected chi connectivity index (χ0v) is 14.1. The number of hydrogen-bond donors (Lipinski definition) is 1. The Balaban J connectivity index is 1.67. The molecule has 122 valence electrons. The molecule has 1 aliphatic heterocycles. The maximum atomic E-state index is 14.2. The fourth-order valence-corrected chi connectivity index (χ4v) is 2.83. The van der Waals surface area contributed by atoms with E-state index in [-0.39, 0.29) is 6.03 Å². The minimum absolute atomic E-state index is 0.167. The van der Waals surface area contributed by atoms with Crippen LogP contribution in [0.2, 0.25) is 0 Å². The standard InChI is InChI=1S/C16H13BrFN5O/c17-10-7-19-15-21-14(9-23(15)8-10)12-6-11(2-3-13(12)18)20-16(24)22-4-1-5-22/h2-3,6-9H,1,4-5H2,(H,20,24). The van der Waals surface area contributed by atoms with Gasteiger partial charge in [0.25, 0.3) is 0 Å². The van der Waals surface area contributed by atoms with Crippen LogP contribution in [-0.2, 0) is 0 Å². The fraction of sp³-hybridized carbons (Fsp3) is 0.188. The van der Waals surface area contributed by atoms with Gasteiger partial charge in [-0.1, -0.05) is 0 Å². The molecule has 0 unspecified atom stereocenters. The lowest BCUT2D eigenvalue weighted by atomic mass is 10.1. The van der Waals surface area contributed by atoms with Crippen molar-refractivity contribution in [3.8, 4) is 11.3 Å². The SMILES string of the molecule is O=C(Nc1ccc(F)c(-c2cn3cc(Br)cnc3n2)c1)N1CCC1. The summed E-state index contributed by atoms with van der Waals surface area (Å²) in [7, 11) is 0. The number of nitrogens with zero attached hydrogens (tertiary/aromatic N) is 4. The third kappa shape index (κ3) is 2.73. The van der Waals surface area contributed by atoms with Crippen molar-refractivity contribution >= 4 is 33.4 Å². The summed E-state index contributed by atoms with van der Waals surface area (Å²) in [4.78, 5) is 22.2. The van der Waals surface area contributed by atoms with Crippen molar-refractivity contribution in [3.05, 3.63) is 47.1 Å². The van der Waals surface area contributed by atoms with Gasteiger partial charge in [-0.25, -0.2) is 19.2 Å². The van der Waals surface area contributed by atoms with Crippen molar-refractivity contribution in [2.45, 2.75) is 6.42 Å². The number of hydrogen-bond acceptors (Lipinski definition) is 3. The average molecular weight is 390 g/mol. The van der Waals surface area contributed by atoms with Gasteiger partial charge in [-0.15, -0.1) is 0 Å². The van der Waals surface area contributed by atoms with Crippen LogP contribution >= 0.6 is 15.9 Å². The van der Waals surface area contributed by atoms with Crippen LogP contribution in [0.4, 0.5) is 14.9 Å². The number of imidazole rings is 1. The molecule has 0 aliphatic carbocycles. The molecular weight excluding hydrogens is 377 g/mol. The summed E-state index contributed by atoms with van der Waals surface area (Å²) >= 11 is 3.34. The number of rotatable bonds is 2. The van der Waals surface area contributed by atoms with Gasteiger partial charge in [0, 0.05) is 42.9 Å². The third-order valence-electron chi connectivity index (χ3n) is 3.92. The van der Waals surface area contributed by atoms with E-state index in [4.69, 9.17) is 0 Å². The quantitative estimate of drug-likeness (QED) is 0.728. The lowest BCUT2D eigenvalue weighted by molar-refractivity contribution is 0.181. The highest BCUT2D eigenvalue weighted by Crippen LogP contribution is 2.26. The zero-order valence-electron chi connectivity index (χ0n) is 12.5. The van der Waals surface area contributed by atoms with Crippen molar-refractivity contribution < 1.29 is 9.18 Å². The number of urea groups is 1. The molecule has 3 aromatic rings. The molecule has 1 aliphatic rings. The smallest absolute Gasteiger partial charge is 0.321 e. The number of benzene rings is 1. The molecule has 0 bridgehead atoms. The summed E-state index contributed by atoms with van der Waals surface area (Å²) in [6, 6.07) is 4.29. The van der Waals surface area contributed by atoms with Gasteiger partial charge in [0.05, 0.1) is 10.2 Å². The number of nitrogens with one attached hydrogen (secondary N) is 1. The molecule has 1 N–H and O–H groups in total. The molecule has 1 aromatic carbocycles. The van der Waals surface area contributed by atoms with Gasteiger partial charge in [0.2, 0.25) is 5.78 Å². The molecule has 0 saturated carbocycles. The van der Waals surface area contributed by atoms with Crippen LogP contribution in [0.5, 0.6) is 0 Å². The van der Waals surface area contributed by atoms with Gasteiger partial charge in [0.15, 0.2) is 0 Å². The van der Waals surface area contributed by atoms with E-state index in [0.717, 1.165) is 24.0 Å². The van der Waals surface area contributed by atoms with Crippen molar-refractivity contribution in [2.75, 3.05) is 18.4 Å². The monoisotopic (exact) mass is 389 g/mol. The minimum atomic E-state index is -0.403. The van der Waals surface area contributed by atoms with E-state index >= 15 is 0 Å². The summed E-state index contributed by atoms with van der Waals surface area (Å²) in [5, 5.41) is 2.79. The van der Waals surface area contributed by atoms with Gasteiger partial charge in [0.1, 0.15) is 5.82 Å². The van der Waals surface area contributed by atoms with Crippen molar-refractivity contribution in [2.24, 2.45) is 0 Å². The first-order valence-electron chi connectivity index (χ1n) is 7.46. The lowest BCUT2D eigenvalue weighted by Gasteiger charge is -2.30. The van der Waals surface area contributed by atoms with E-state index < -0.39 is 5.82 Å². The number of fused-ring (bicyclic) bond motifs is 1. The highest BCUT2D eigenvalue weighted by atomic mass is 79.9. The Bertz CT molecular complexity index is 937. The van der Waals surface area contributed by atoms with Crippen LogP contribution in [0.25, 0.3) is 17.0 Å². The molecule has 1 saturated heterocycles. The Morgan fingerprint density at radius 2 is 2.12 bits per heavy atom. The van der Waals surface area contributed by atoms with E-state index in [1.54, 1.807) is 40.0 Å². The third-order valence-corrected chi connectivity index (χ3v) is 4.32. The Morgan fingerprint density at radius 3 is 2.88 bits per heavy atom. The lowest BCUT2D eigenvalue weighted by Crippen LogP contribution is -2.44. The second kappa shape index (κ2) is 5.86. The Kier molecular flexibility index (Phi) is 3.68. The summed E-state index contributed by atoms with van der Waals surface area (Å²) in [5.41, 5.74) is 1.31. The predicted octanol–water partition coefficient (Wildman–Crippen LogP) is 3.54. The second-order valence-electron chi connectivity index (χ2n) is 5.57. The first-order chi connectivity index (χ1) is 11.6. The predicted molar refractivity (Wildman–Crippen MR) is 91.3 cm³/mol. The van der Waals surface area contributed by atoms with Gasteiger partial charge >= 0.3 is 6.03 Å². The van der Waals surface area contributed by atoms with Crippen molar-refractivity contribution in [3.63, 3.8) is 0 Å². The van der Waals surface area contributed by atoms with Crippen LogP contribution in [0.1, 0.15) is 6.42 Å². The number of amides is 2. The Labute approximate surface area is 145 Å². The van der Waals surface area contributed by atoms with Crippen LogP contribution in [0.3, 0.4) is 0 Å². The van der Waals surface area contributed by atoms with E-state index in [9.17, 15) is 9.18 Å². The normalized spacial score (nSPS) is 13.8. The molecule has 24 heavy (non-hydrogen) atoms. The number of aromatic nitrogens is 3. The van der Waals surface area contributed by atoms with Gasteiger partial charge in [-0.3, -0.25) is 4.40 Å². The number of carbonyl (C=O) groups excluding carboxylic acids is 1. The van der Waals surface area contributed by atoms with E-state index in [1.165, 1.54) is 6.07 Å². The maximum Gasteiger partial charge on any atom is 0.321 e. The summed E-state index contributed by atoms with van der Waals surface area (Å²) < 4.78 is 16.7. The largest absolute Gasteiger partial charge is 0.324 e. The number of likely N-dealkylation sites (tertiary alicyclic amines) is 1. The number of anilines is 1. The highest BCUT2D eigenvalue weighted by molar-refractivity contribution is 9.10. The van der Waals surface area contributed by atoms with Gasteiger partial charge in [-0.2, -0.15) is 0 Å². The molecular formula is C16H13BrFN5O. The summed E-state index contributed by atoms with van der Waals surface area (Å²) in [5.74, 6) is 0.0713. The zero-order chi connectivity index (χ0) is 16.7. The minimum Gasteiger partial charge on any atom is -0.324 e. The van der Waals surface area contributed by atoms with Crippen molar-refractivity contribution in [1.82, 2.24) is 19.3 Å². The number of halogens is 2. The topological polar surface area (TPSA) is 62.5 Å². The van der Waals surface area contributed by atoms with Crippen LogP contribution in [-0.4, -0.2) is 38.4 Å². The Morgan fingerprint density at radius 1 is 1.29 bits per heavy atom. The highest BCUT2D eigenvalue weighted by Gasteiger charge is 2.20. The second-order valence-corrected chi connectivity index (χ2v) is 6.49. The van der Waals surface area contributed by atoms with E-state index in [2.05, 4.69) is 31.2 Å². The summed E-state index contributed by atoms with van der Waals surface area (Å²) in [6.07, 6.45) is 6.15. The first-order valence-corrected chi connectivity index (χ1v) is 8.25. The van der Waals surface area contributed by atoms with Crippen LogP contribution in [0.15, 0.2) is 41.3 Å². The van der Waals surface area contributed by atoms with Crippen LogP contribution < -0.4 is 5.32 Å². The first kappa shape index (κ1) is 15.1. The molecule has 6 nitrogen and oxygen atoms in total. The average Bonchev–Trinajstić information content (AvgIpc) is 2.90. The van der Waals surface area contributed by atoms with Crippen molar-refractivity contribution in [1.29, 1.82) is 0 Å². The molecule has 0 spiro atoms. The fourth-order valence-electron chi connectivity index (χ4n) is 2.51. The maximum absolute atomic E-state index is 14.2. The molecule has 2 amide bonds. The van der Waals surface area contributed by atoms with Gasteiger partial charge < -0.3 is 10.2 Å². The Hall–Kier alpha value is -2.48. The van der Waals surface area contributed by atoms with Crippen LogP contribution in [0, 0.1) is 5.82 Å². The molecule has 3 heterocycles. The molecule has 4 rings (SSSR count). The number of carbonyl (C=O) groups is 1. The molecule has 0 radical (unpaired) electrons. The molecule has 1 fully saturated rings. The molecule has 8 heteroatoms. The van der Waals surface area contributed by atoms with E-state index in [0.29, 0.717) is 22.7 Å². The van der Waals surface area contributed by atoms with Gasteiger partial charge in [-0.05, 0) is 40.5 Å². The summed E-state index contributed by atoms with van der Waals surface area (Å²) in [6.45, 7) is 1.51.